The second-order valence-electron chi connectivity index (χ2n) is 3.77. The summed E-state index contributed by atoms with van der Waals surface area (Å²) in [6, 6.07) is -0.751. The van der Waals surface area contributed by atoms with Crippen LogP contribution in [0.5, 0.6) is 0 Å². The molecule has 0 bridgehead atoms. The molecule has 15 heavy (non-hydrogen) atoms. The fourth-order valence-corrected chi connectivity index (χ4v) is 2.01. The zero-order chi connectivity index (χ0) is 11.2. The number of aliphatic imine (C=N–C) groups is 1. The molecule has 3 amide bonds. The predicted octanol–water partition coefficient (Wildman–Crippen LogP) is -0.383. The molecule has 2 aliphatic heterocycles. The molecular weight excluding hydrogens is 196 g/mol. The highest BCUT2D eigenvalue weighted by molar-refractivity contribution is 6.03. The Bertz CT molecular complexity index is 352. The van der Waals surface area contributed by atoms with Gasteiger partial charge >= 0.3 is 6.03 Å². The van der Waals surface area contributed by atoms with Crippen molar-refractivity contribution in [3.05, 3.63) is 0 Å². The lowest BCUT2D eigenvalue weighted by atomic mass is 10.1. The molecular formula is C9H14N4O2. The van der Waals surface area contributed by atoms with E-state index in [4.69, 9.17) is 0 Å². The maximum Gasteiger partial charge on any atom is 0.325 e. The van der Waals surface area contributed by atoms with E-state index >= 15 is 0 Å². The highest BCUT2D eigenvalue weighted by Gasteiger charge is 2.46. The Kier molecular flexibility index (Phi) is 2.13. The van der Waals surface area contributed by atoms with Crippen molar-refractivity contribution in [1.82, 2.24) is 15.1 Å². The molecule has 0 aliphatic carbocycles. The Morgan fingerprint density at radius 3 is 2.60 bits per heavy atom. The zero-order valence-electron chi connectivity index (χ0n) is 9.02. The van der Waals surface area contributed by atoms with Crippen molar-refractivity contribution in [3.8, 4) is 0 Å². The van der Waals surface area contributed by atoms with Gasteiger partial charge in [0.15, 0.2) is 12.2 Å². The third-order valence-corrected chi connectivity index (χ3v) is 2.92. The Morgan fingerprint density at radius 1 is 1.33 bits per heavy atom. The van der Waals surface area contributed by atoms with Gasteiger partial charge in [-0.25, -0.2) is 9.79 Å². The van der Waals surface area contributed by atoms with Crippen LogP contribution in [-0.2, 0) is 4.79 Å². The number of carbonyl (C=O) groups is 2. The molecule has 0 spiro atoms. The second kappa shape index (κ2) is 3.22. The molecule has 6 heteroatoms. The van der Waals surface area contributed by atoms with E-state index in [1.54, 1.807) is 7.05 Å². The number of fused-ring (bicyclic) bond motifs is 1. The third kappa shape index (κ3) is 1.28. The van der Waals surface area contributed by atoms with Crippen molar-refractivity contribution in [2.24, 2.45) is 4.99 Å². The Hall–Kier alpha value is -1.59. The minimum atomic E-state index is -0.379. The van der Waals surface area contributed by atoms with E-state index in [-0.39, 0.29) is 24.1 Å². The summed E-state index contributed by atoms with van der Waals surface area (Å²) >= 11 is 0. The van der Waals surface area contributed by atoms with E-state index in [9.17, 15) is 9.59 Å². The van der Waals surface area contributed by atoms with E-state index in [0.29, 0.717) is 0 Å². The van der Waals surface area contributed by atoms with Crippen molar-refractivity contribution < 1.29 is 9.59 Å². The van der Waals surface area contributed by atoms with Gasteiger partial charge in [-0.15, -0.1) is 0 Å². The molecule has 2 heterocycles. The number of imide groups is 1. The minimum absolute atomic E-state index is 0.266. The summed E-state index contributed by atoms with van der Waals surface area (Å²) in [7, 11) is 3.48. The zero-order valence-corrected chi connectivity index (χ0v) is 9.02. The maximum absolute atomic E-state index is 11.6. The monoisotopic (exact) mass is 210 g/mol. The van der Waals surface area contributed by atoms with Crippen LogP contribution >= 0.6 is 0 Å². The maximum atomic E-state index is 11.6. The number of hydrogen-bond donors (Lipinski definition) is 1. The molecule has 82 valence electrons. The number of rotatable bonds is 1. The smallest absolute Gasteiger partial charge is 0.325 e. The van der Waals surface area contributed by atoms with Crippen LogP contribution in [0.2, 0.25) is 0 Å². The van der Waals surface area contributed by atoms with Gasteiger partial charge in [-0.3, -0.25) is 10.1 Å². The van der Waals surface area contributed by atoms with Gasteiger partial charge in [0.1, 0.15) is 5.84 Å². The van der Waals surface area contributed by atoms with Gasteiger partial charge in [0.2, 0.25) is 0 Å². The summed E-state index contributed by atoms with van der Waals surface area (Å²) in [5.74, 6) is 0.597. The number of amides is 3. The number of carbonyl (C=O) groups excluding carboxylic acids is 2. The van der Waals surface area contributed by atoms with Crippen LogP contribution in [0.1, 0.15) is 13.3 Å². The molecule has 2 aliphatic rings. The first-order valence-electron chi connectivity index (χ1n) is 4.93. The molecule has 6 nitrogen and oxygen atoms in total. The van der Waals surface area contributed by atoms with Crippen LogP contribution in [0, 0.1) is 0 Å². The number of likely N-dealkylation sites (N-methyl/N-ethyl adjacent to an activating group) is 2. The molecule has 1 N–H and O–H groups in total. The average Bonchev–Trinajstić information content (AvgIpc) is 2.53. The lowest BCUT2D eigenvalue weighted by Crippen LogP contribution is -2.63. The van der Waals surface area contributed by atoms with Gasteiger partial charge in [-0.1, -0.05) is 6.92 Å². The number of amidine groups is 1. The van der Waals surface area contributed by atoms with Crippen LogP contribution < -0.4 is 5.32 Å². The molecule has 0 aromatic heterocycles. The number of nitrogens with zero attached hydrogens (tertiary/aromatic N) is 3. The standard InChI is InChI=1S/C9H14N4O2/c1-4-5-10-7-6(12(5)2)8(14)11-9(15)13(7)3/h6-7H,4H2,1-3H3,(H,11,14,15). The lowest BCUT2D eigenvalue weighted by molar-refractivity contribution is -0.126. The Labute approximate surface area is 87.9 Å². The molecule has 0 aromatic carbocycles. The van der Waals surface area contributed by atoms with E-state index < -0.39 is 0 Å². The SMILES string of the molecule is CCC1=NC2C(C(=O)NC(=O)N2C)N1C. The summed E-state index contributed by atoms with van der Waals surface area (Å²) in [4.78, 5) is 30.7. The topological polar surface area (TPSA) is 65.0 Å². The number of hydrogen-bond acceptors (Lipinski definition) is 4. The van der Waals surface area contributed by atoms with E-state index in [1.807, 2.05) is 18.9 Å². The van der Waals surface area contributed by atoms with Crippen LogP contribution in [0.3, 0.4) is 0 Å². The summed E-state index contributed by atoms with van der Waals surface area (Å²) in [5.41, 5.74) is 0. The first kappa shape index (κ1) is 9.95. The van der Waals surface area contributed by atoms with Crippen LogP contribution in [0.15, 0.2) is 4.99 Å². The van der Waals surface area contributed by atoms with Crippen LogP contribution in [-0.4, -0.2) is 53.9 Å². The van der Waals surface area contributed by atoms with Gasteiger partial charge in [-0.2, -0.15) is 0 Å². The van der Waals surface area contributed by atoms with Crippen molar-refractivity contribution in [3.63, 3.8) is 0 Å². The predicted molar refractivity (Wildman–Crippen MR) is 54.4 cm³/mol. The van der Waals surface area contributed by atoms with E-state index in [1.165, 1.54) is 4.90 Å². The van der Waals surface area contributed by atoms with Crippen LogP contribution in [0.25, 0.3) is 0 Å². The number of nitrogens with one attached hydrogen (secondary N) is 1. The van der Waals surface area contributed by atoms with E-state index in [0.717, 1.165) is 12.3 Å². The van der Waals surface area contributed by atoms with Crippen molar-refractivity contribution in [1.29, 1.82) is 0 Å². The quantitative estimate of drug-likeness (QED) is 0.641. The number of urea groups is 1. The highest BCUT2D eigenvalue weighted by atomic mass is 16.2. The first-order valence-corrected chi connectivity index (χ1v) is 4.93. The molecule has 1 saturated heterocycles. The molecule has 2 rings (SSSR count). The summed E-state index contributed by atoms with van der Waals surface area (Å²) in [6.45, 7) is 1.98. The van der Waals surface area contributed by atoms with Crippen molar-refractivity contribution >= 4 is 17.8 Å². The summed E-state index contributed by atoms with van der Waals surface area (Å²) < 4.78 is 0. The van der Waals surface area contributed by atoms with Gasteiger partial charge in [0, 0.05) is 20.5 Å². The summed E-state index contributed by atoms with van der Waals surface area (Å²) in [6.07, 6.45) is 0.393. The van der Waals surface area contributed by atoms with Crippen molar-refractivity contribution in [2.75, 3.05) is 14.1 Å². The largest absolute Gasteiger partial charge is 0.348 e. The fraction of sp³-hybridized carbons (Fsp3) is 0.667. The lowest BCUT2D eigenvalue weighted by Gasteiger charge is -2.34. The molecule has 2 unspecified atom stereocenters. The van der Waals surface area contributed by atoms with Gasteiger partial charge in [0.25, 0.3) is 5.91 Å². The molecule has 2 atom stereocenters. The molecule has 0 aromatic rings. The second-order valence-corrected chi connectivity index (χ2v) is 3.77. The van der Waals surface area contributed by atoms with Gasteiger partial charge < -0.3 is 9.80 Å². The average molecular weight is 210 g/mol. The van der Waals surface area contributed by atoms with Crippen LogP contribution in [0.4, 0.5) is 4.79 Å². The summed E-state index contributed by atoms with van der Waals surface area (Å²) in [5, 5.41) is 2.31. The Balaban J connectivity index is 2.33. The van der Waals surface area contributed by atoms with Crippen molar-refractivity contribution in [2.45, 2.75) is 25.6 Å². The van der Waals surface area contributed by atoms with E-state index in [2.05, 4.69) is 10.3 Å². The normalized spacial score (nSPS) is 30.2. The minimum Gasteiger partial charge on any atom is -0.348 e. The first-order chi connectivity index (χ1) is 7.06. The fourth-order valence-electron chi connectivity index (χ4n) is 2.01. The molecule has 1 fully saturated rings. The Morgan fingerprint density at radius 2 is 2.00 bits per heavy atom. The van der Waals surface area contributed by atoms with Gasteiger partial charge in [-0.05, 0) is 0 Å². The third-order valence-electron chi connectivity index (χ3n) is 2.92. The highest BCUT2D eigenvalue weighted by Crippen LogP contribution is 2.23. The van der Waals surface area contributed by atoms with Gasteiger partial charge in [0.05, 0.1) is 0 Å². The molecule has 0 radical (unpaired) electrons. The molecule has 0 saturated carbocycles.